The van der Waals surface area contributed by atoms with Crippen molar-refractivity contribution in [3.05, 3.63) is 30.3 Å². The zero-order valence-corrected chi connectivity index (χ0v) is 15.4. The summed E-state index contributed by atoms with van der Waals surface area (Å²) in [4.78, 5) is 0. The van der Waals surface area contributed by atoms with Gasteiger partial charge in [-0.2, -0.15) is 0 Å². The molecule has 0 heterocycles. The molecule has 0 aliphatic carbocycles. The van der Waals surface area contributed by atoms with Gasteiger partial charge in [0.1, 0.15) is 0 Å². The fourth-order valence-electron chi connectivity index (χ4n) is 2.16. The van der Waals surface area contributed by atoms with Crippen LogP contribution in [0.2, 0.25) is 0 Å². The van der Waals surface area contributed by atoms with Crippen molar-refractivity contribution in [1.29, 1.82) is 0 Å². The van der Waals surface area contributed by atoms with E-state index in [2.05, 4.69) is 0 Å². The van der Waals surface area contributed by atoms with E-state index in [9.17, 15) is 9.13 Å². The predicted molar refractivity (Wildman–Crippen MR) is 90.5 cm³/mol. The number of hydrogen-bond donors (Lipinski definition) is 0. The monoisotopic (exact) mass is 348 g/mol. The summed E-state index contributed by atoms with van der Waals surface area (Å²) < 4.78 is 41.5. The van der Waals surface area contributed by atoms with Crippen molar-refractivity contribution in [1.82, 2.24) is 0 Å². The van der Waals surface area contributed by atoms with Crippen LogP contribution in [-0.2, 0) is 22.7 Å². The van der Waals surface area contributed by atoms with Crippen molar-refractivity contribution in [3.63, 3.8) is 0 Å². The van der Waals surface area contributed by atoms with Crippen LogP contribution in [0.1, 0.15) is 27.2 Å². The third kappa shape index (κ3) is 5.98. The van der Waals surface area contributed by atoms with Gasteiger partial charge in [0.15, 0.2) is 0 Å². The van der Waals surface area contributed by atoms with Crippen LogP contribution in [0, 0.1) is 0 Å². The Morgan fingerprint density at radius 1 is 0.818 bits per heavy atom. The largest absolute Gasteiger partial charge is 0.330 e. The third-order valence-corrected chi connectivity index (χ3v) is 7.86. The smallest absolute Gasteiger partial charge is 0.326 e. The lowest BCUT2D eigenvalue weighted by Gasteiger charge is -2.20. The quantitative estimate of drug-likeness (QED) is 0.559. The molecule has 0 aromatic heterocycles. The summed E-state index contributed by atoms with van der Waals surface area (Å²) >= 11 is 0. The summed E-state index contributed by atoms with van der Waals surface area (Å²) in [6.07, 6.45) is 1.04. The molecule has 7 heteroatoms. The first-order valence-corrected chi connectivity index (χ1v) is 11.2. The van der Waals surface area contributed by atoms with Crippen molar-refractivity contribution < 1.29 is 22.7 Å². The summed E-state index contributed by atoms with van der Waals surface area (Å²) in [5.41, 5.74) is 0. The zero-order chi connectivity index (χ0) is 16.5. The van der Waals surface area contributed by atoms with Crippen LogP contribution in [-0.4, -0.2) is 32.1 Å². The Labute approximate surface area is 133 Å². The zero-order valence-electron chi connectivity index (χ0n) is 13.6. The number of rotatable bonds is 11. The highest BCUT2D eigenvalue weighted by Gasteiger charge is 2.28. The second-order valence-electron chi connectivity index (χ2n) is 4.67. The maximum absolute atomic E-state index is 13.0. The Morgan fingerprint density at radius 3 is 1.86 bits per heavy atom. The highest BCUT2D eigenvalue weighted by atomic mass is 31.2. The molecule has 22 heavy (non-hydrogen) atoms. The van der Waals surface area contributed by atoms with Gasteiger partial charge in [0.25, 0.3) is 0 Å². The summed E-state index contributed by atoms with van der Waals surface area (Å²) in [5.74, 6) is 0. The fraction of sp³-hybridized carbons (Fsp3) is 0.600. The third-order valence-electron chi connectivity index (χ3n) is 3.02. The van der Waals surface area contributed by atoms with Gasteiger partial charge >= 0.3 is 7.60 Å². The molecule has 0 N–H and O–H groups in total. The topological polar surface area (TPSA) is 61.8 Å². The van der Waals surface area contributed by atoms with Crippen LogP contribution in [0.15, 0.2) is 30.3 Å². The van der Waals surface area contributed by atoms with Crippen molar-refractivity contribution in [2.75, 3.05) is 32.1 Å². The lowest BCUT2D eigenvalue weighted by Crippen LogP contribution is -2.12. The molecule has 0 radical (unpaired) electrons. The number of hydrogen-bond acceptors (Lipinski definition) is 5. The predicted octanol–water partition coefficient (Wildman–Crippen LogP) is 4.28. The normalized spacial score (nSPS) is 14.7. The molecule has 1 atom stereocenters. The van der Waals surface area contributed by atoms with Crippen molar-refractivity contribution in [2.24, 2.45) is 0 Å². The highest BCUT2D eigenvalue weighted by Crippen LogP contribution is 2.52. The molecule has 0 aliphatic heterocycles. The molecule has 1 aromatic rings. The van der Waals surface area contributed by atoms with Crippen LogP contribution in [0.5, 0.6) is 0 Å². The van der Waals surface area contributed by atoms with Crippen LogP contribution in [0.3, 0.4) is 0 Å². The fourth-order valence-corrected chi connectivity index (χ4v) is 6.23. The Bertz CT molecular complexity index is 508. The maximum Gasteiger partial charge on any atom is 0.330 e. The van der Waals surface area contributed by atoms with E-state index in [0.29, 0.717) is 37.7 Å². The lowest BCUT2D eigenvalue weighted by molar-refractivity contribution is 0.220. The van der Waals surface area contributed by atoms with Crippen molar-refractivity contribution in [2.45, 2.75) is 27.2 Å². The van der Waals surface area contributed by atoms with Crippen LogP contribution >= 0.6 is 15.0 Å². The average molecular weight is 348 g/mol. The minimum absolute atomic E-state index is 0.249. The van der Waals surface area contributed by atoms with Gasteiger partial charge in [-0.25, -0.2) is 0 Å². The molecule has 5 nitrogen and oxygen atoms in total. The first kappa shape index (κ1) is 19.6. The summed E-state index contributed by atoms with van der Waals surface area (Å²) in [5, 5.41) is 0.694. The van der Waals surface area contributed by atoms with Gasteiger partial charge < -0.3 is 13.6 Å². The molecule has 1 unspecified atom stereocenters. The van der Waals surface area contributed by atoms with E-state index in [0.717, 1.165) is 0 Å². The summed E-state index contributed by atoms with van der Waals surface area (Å²) in [6.45, 7) is 6.42. The van der Waals surface area contributed by atoms with Gasteiger partial charge in [-0.3, -0.25) is 9.13 Å². The standard InChI is InChI=1S/C15H26O5P2/c1-4-18-21(16,15-11-8-7-9-12-15)13-10-14-22(17,19-5-2)20-6-3/h7-9,11-12H,4-6,10,13-14H2,1-3H3. The molecular formula is C15H26O5P2. The lowest BCUT2D eigenvalue weighted by atomic mass is 10.4. The SMILES string of the molecule is CCOP(=O)(CCCP(=O)(OCC)c1ccccc1)OCC. The highest BCUT2D eigenvalue weighted by molar-refractivity contribution is 7.67. The van der Waals surface area contributed by atoms with Crippen molar-refractivity contribution in [3.8, 4) is 0 Å². The van der Waals surface area contributed by atoms with E-state index in [-0.39, 0.29) is 6.16 Å². The number of benzene rings is 1. The molecule has 0 fully saturated rings. The van der Waals surface area contributed by atoms with E-state index in [1.165, 1.54) is 0 Å². The van der Waals surface area contributed by atoms with Gasteiger partial charge in [0.2, 0.25) is 7.37 Å². The Morgan fingerprint density at radius 2 is 1.36 bits per heavy atom. The summed E-state index contributed by atoms with van der Waals surface area (Å²) in [6, 6.07) is 9.17. The van der Waals surface area contributed by atoms with Gasteiger partial charge in [-0.15, -0.1) is 0 Å². The van der Waals surface area contributed by atoms with Crippen LogP contribution in [0.4, 0.5) is 0 Å². The Balaban J connectivity index is 2.73. The molecule has 0 spiro atoms. The molecule has 1 aromatic carbocycles. The molecule has 126 valence electrons. The van der Waals surface area contributed by atoms with E-state index < -0.39 is 15.0 Å². The van der Waals surface area contributed by atoms with E-state index in [1.807, 2.05) is 25.1 Å². The molecule has 1 rings (SSSR count). The second kappa shape index (κ2) is 9.64. The molecule has 0 amide bonds. The second-order valence-corrected chi connectivity index (χ2v) is 9.43. The van der Waals surface area contributed by atoms with Gasteiger partial charge in [-0.1, -0.05) is 18.2 Å². The van der Waals surface area contributed by atoms with Gasteiger partial charge in [0.05, 0.1) is 26.0 Å². The molecule has 0 bridgehead atoms. The summed E-state index contributed by atoms with van der Waals surface area (Å²) in [7, 11) is -6.02. The Hall–Kier alpha value is -0.440. The Kier molecular flexibility index (Phi) is 8.59. The average Bonchev–Trinajstić information content (AvgIpc) is 2.49. The van der Waals surface area contributed by atoms with Crippen molar-refractivity contribution >= 4 is 20.3 Å². The first-order chi connectivity index (χ1) is 10.5. The van der Waals surface area contributed by atoms with E-state index >= 15 is 0 Å². The van der Waals surface area contributed by atoms with Gasteiger partial charge in [-0.05, 0) is 39.3 Å². The molecule has 0 saturated carbocycles. The molecule has 0 aliphatic rings. The van der Waals surface area contributed by atoms with Crippen LogP contribution < -0.4 is 5.30 Å². The molecule has 0 saturated heterocycles. The molecular weight excluding hydrogens is 322 g/mol. The minimum Gasteiger partial charge on any atom is -0.326 e. The van der Waals surface area contributed by atoms with Crippen LogP contribution in [0.25, 0.3) is 0 Å². The van der Waals surface area contributed by atoms with E-state index in [1.54, 1.807) is 26.0 Å². The maximum atomic E-state index is 13.0. The van der Waals surface area contributed by atoms with E-state index in [4.69, 9.17) is 13.6 Å². The minimum atomic E-state index is -3.09. The van der Waals surface area contributed by atoms with Gasteiger partial charge in [0, 0.05) is 11.5 Å². The first-order valence-electron chi connectivity index (χ1n) is 7.67.